The summed E-state index contributed by atoms with van der Waals surface area (Å²) in [6.45, 7) is 4.25. The van der Waals surface area contributed by atoms with E-state index in [0.717, 1.165) is 31.6 Å². The van der Waals surface area contributed by atoms with Crippen LogP contribution in [0.2, 0.25) is 0 Å². The summed E-state index contributed by atoms with van der Waals surface area (Å²) in [6.07, 6.45) is 2.81. The quantitative estimate of drug-likeness (QED) is 0.727. The molecular formula is C22H27N3O2. The maximum Gasteiger partial charge on any atom is 0.255 e. The van der Waals surface area contributed by atoms with Crippen molar-refractivity contribution in [3.8, 4) is 0 Å². The molecule has 1 aliphatic heterocycles. The van der Waals surface area contributed by atoms with Crippen LogP contribution < -0.4 is 16.0 Å². The van der Waals surface area contributed by atoms with Crippen molar-refractivity contribution in [3.63, 3.8) is 0 Å². The molecule has 0 aromatic heterocycles. The maximum absolute atomic E-state index is 12.3. The van der Waals surface area contributed by atoms with Crippen molar-refractivity contribution in [3.05, 3.63) is 60.2 Å². The molecule has 5 nitrogen and oxygen atoms in total. The van der Waals surface area contributed by atoms with Crippen LogP contribution in [-0.2, 0) is 4.79 Å². The third kappa shape index (κ3) is 5.66. The van der Waals surface area contributed by atoms with Gasteiger partial charge in [-0.1, -0.05) is 25.1 Å². The van der Waals surface area contributed by atoms with Gasteiger partial charge in [-0.2, -0.15) is 0 Å². The number of piperidine rings is 1. The fourth-order valence-electron chi connectivity index (χ4n) is 3.51. The van der Waals surface area contributed by atoms with Crippen LogP contribution in [0.4, 0.5) is 11.4 Å². The molecule has 1 unspecified atom stereocenters. The number of anilines is 2. The number of hydrogen-bond acceptors (Lipinski definition) is 3. The molecule has 1 fully saturated rings. The van der Waals surface area contributed by atoms with Crippen molar-refractivity contribution in [1.29, 1.82) is 0 Å². The number of para-hydroxylation sites is 1. The fraction of sp³-hybridized carbons (Fsp3) is 0.364. The van der Waals surface area contributed by atoms with E-state index < -0.39 is 0 Å². The molecular weight excluding hydrogens is 338 g/mol. The summed E-state index contributed by atoms with van der Waals surface area (Å²) in [7, 11) is 0. The standard InChI is InChI=1S/C22H27N3O2/c1-16(17-11-13-23-14-12-17)15-21(26)24-20-9-7-18(8-10-20)22(27)25-19-5-3-2-4-6-19/h2-10,16-17,23H,11-15H2,1H3,(H,24,26)(H,25,27). The molecule has 1 aliphatic rings. The lowest BCUT2D eigenvalue weighted by Gasteiger charge is -2.27. The largest absolute Gasteiger partial charge is 0.326 e. The Balaban J connectivity index is 1.50. The van der Waals surface area contributed by atoms with Gasteiger partial charge in [0.25, 0.3) is 5.91 Å². The van der Waals surface area contributed by atoms with Crippen LogP contribution in [0, 0.1) is 11.8 Å². The molecule has 1 saturated heterocycles. The number of amides is 2. The van der Waals surface area contributed by atoms with E-state index in [-0.39, 0.29) is 11.8 Å². The Morgan fingerprint density at radius 2 is 1.59 bits per heavy atom. The number of carbonyl (C=O) groups excluding carboxylic acids is 2. The topological polar surface area (TPSA) is 70.2 Å². The first-order valence-electron chi connectivity index (χ1n) is 9.59. The van der Waals surface area contributed by atoms with E-state index in [0.29, 0.717) is 29.5 Å². The Morgan fingerprint density at radius 1 is 0.963 bits per heavy atom. The molecule has 1 heterocycles. The van der Waals surface area contributed by atoms with Crippen molar-refractivity contribution in [2.24, 2.45) is 11.8 Å². The van der Waals surface area contributed by atoms with Crippen LogP contribution in [0.15, 0.2) is 54.6 Å². The zero-order valence-corrected chi connectivity index (χ0v) is 15.7. The third-order valence-electron chi connectivity index (χ3n) is 5.16. The molecule has 2 amide bonds. The van der Waals surface area contributed by atoms with Crippen molar-refractivity contribution in [1.82, 2.24) is 5.32 Å². The molecule has 1 atom stereocenters. The number of benzene rings is 2. The van der Waals surface area contributed by atoms with Gasteiger partial charge in [0, 0.05) is 23.4 Å². The molecule has 2 aromatic carbocycles. The van der Waals surface area contributed by atoms with Crippen molar-refractivity contribution in [2.45, 2.75) is 26.2 Å². The molecule has 0 aliphatic carbocycles. The van der Waals surface area contributed by atoms with Gasteiger partial charge in [0.2, 0.25) is 5.91 Å². The summed E-state index contributed by atoms with van der Waals surface area (Å²) in [5, 5.41) is 9.15. The minimum absolute atomic E-state index is 0.0301. The third-order valence-corrected chi connectivity index (χ3v) is 5.16. The van der Waals surface area contributed by atoms with Crippen LogP contribution in [0.5, 0.6) is 0 Å². The highest BCUT2D eigenvalue weighted by atomic mass is 16.2. The van der Waals surface area contributed by atoms with Gasteiger partial charge in [-0.15, -0.1) is 0 Å². The lowest BCUT2D eigenvalue weighted by molar-refractivity contribution is -0.117. The van der Waals surface area contributed by atoms with Gasteiger partial charge in [0.1, 0.15) is 0 Å². The Morgan fingerprint density at radius 3 is 2.26 bits per heavy atom. The molecule has 5 heteroatoms. The van der Waals surface area contributed by atoms with E-state index in [1.54, 1.807) is 24.3 Å². The molecule has 2 aromatic rings. The fourth-order valence-corrected chi connectivity index (χ4v) is 3.51. The van der Waals surface area contributed by atoms with Crippen molar-refractivity contribution in [2.75, 3.05) is 23.7 Å². The zero-order chi connectivity index (χ0) is 19.1. The van der Waals surface area contributed by atoms with Crippen LogP contribution >= 0.6 is 0 Å². The first-order valence-corrected chi connectivity index (χ1v) is 9.59. The number of carbonyl (C=O) groups is 2. The highest BCUT2D eigenvalue weighted by Gasteiger charge is 2.22. The van der Waals surface area contributed by atoms with E-state index in [4.69, 9.17) is 0 Å². The Bertz CT molecular complexity index is 753. The maximum atomic E-state index is 12.3. The summed E-state index contributed by atoms with van der Waals surface area (Å²) in [4.78, 5) is 24.6. The molecule has 0 saturated carbocycles. The first kappa shape index (κ1) is 19.1. The molecule has 27 heavy (non-hydrogen) atoms. The Hall–Kier alpha value is -2.66. The second kappa shape index (κ2) is 9.33. The molecule has 0 bridgehead atoms. The predicted octanol–water partition coefficient (Wildman–Crippen LogP) is 3.90. The van der Waals surface area contributed by atoms with Gasteiger partial charge in [-0.05, 0) is 74.2 Å². The lowest BCUT2D eigenvalue weighted by Crippen LogP contribution is -2.32. The number of nitrogens with one attached hydrogen (secondary N) is 3. The second-order valence-electron chi connectivity index (χ2n) is 7.21. The lowest BCUT2D eigenvalue weighted by atomic mass is 9.84. The number of hydrogen-bond donors (Lipinski definition) is 3. The van der Waals surface area contributed by atoms with E-state index in [1.165, 1.54) is 0 Å². The van der Waals surface area contributed by atoms with Crippen molar-refractivity contribution < 1.29 is 9.59 Å². The summed E-state index contributed by atoms with van der Waals surface area (Å²) >= 11 is 0. The molecule has 0 spiro atoms. The first-order chi connectivity index (χ1) is 13.1. The van der Waals surface area contributed by atoms with Gasteiger partial charge in [-0.3, -0.25) is 9.59 Å². The predicted molar refractivity (Wildman–Crippen MR) is 109 cm³/mol. The average Bonchev–Trinajstić information content (AvgIpc) is 2.70. The SMILES string of the molecule is CC(CC(=O)Nc1ccc(C(=O)Nc2ccccc2)cc1)C1CCNCC1. The molecule has 3 rings (SSSR count). The zero-order valence-electron chi connectivity index (χ0n) is 15.7. The van der Waals surface area contributed by atoms with Gasteiger partial charge in [0.15, 0.2) is 0 Å². The average molecular weight is 365 g/mol. The minimum Gasteiger partial charge on any atom is -0.326 e. The Kier molecular flexibility index (Phi) is 6.60. The number of rotatable bonds is 6. The van der Waals surface area contributed by atoms with E-state index >= 15 is 0 Å². The summed E-state index contributed by atoms with van der Waals surface area (Å²) in [6, 6.07) is 16.3. The van der Waals surface area contributed by atoms with Gasteiger partial charge >= 0.3 is 0 Å². The summed E-state index contributed by atoms with van der Waals surface area (Å²) in [5.74, 6) is 0.852. The Labute approximate surface area is 160 Å². The summed E-state index contributed by atoms with van der Waals surface area (Å²) in [5.41, 5.74) is 2.03. The smallest absolute Gasteiger partial charge is 0.255 e. The van der Waals surface area contributed by atoms with E-state index in [2.05, 4.69) is 22.9 Å². The second-order valence-corrected chi connectivity index (χ2v) is 7.21. The molecule has 0 radical (unpaired) electrons. The van der Waals surface area contributed by atoms with Crippen LogP contribution in [0.3, 0.4) is 0 Å². The van der Waals surface area contributed by atoms with Gasteiger partial charge in [0.05, 0.1) is 0 Å². The van der Waals surface area contributed by atoms with Crippen LogP contribution in [0.1, 0.15) is 36.5 Å². The van der Waals surface area contributed by atoms with E-state index in [1.807, 2.05) is 30.3 Å². The summed E-state index contributed by atoms with van der Waals surface area (Å²) < 4.78 is 0. The highest BCUT2D eigenvalue weighted by Crippen LogP contribution is 2.24. The molecule has 3 N–H and O–H groups in total. The van der Waals surface area contributed by atoms with E-state index in [9.17, 15) is 9.59 Å². The minimum atomic E-state index is -0.168. The van der Waals surface area contributed by atoms with Gasteiger partial charge < -0.3 is 16.0 Å². The highest BCUT2D eigenvalue weighted by molar-refractivity contribution is 6.04. The van der Waals surface area contributed by atoms with Crippen LogP contribution in [-0.4, -0.2) is 24.9 Å². The molecule has 142 valence electrons. The van der Waals surface area contributed by atoms with Crippen LogP contribution in [0.25, 0.3) is 0 Å². The van der Waals surface area contributed by atoms with Crippen molar-refractivity contribution >= 4 is 23.2 Å². The van der Waals surface area contributed by atoms with Gasteiger partial charge in [-0.25, -0.2) is 0 Å². The monoisotopic (exact) mass is 365 g/mol. The normalized spacial score (nSPS) is 15.7.